The van der Waals surface area contributed by atoms with Crippen LogP contribution in [0.5, 0.6) is 0 Å². The molecule has 9 heteroatoms. The number of ether oxygens (including phenoxy) is 1. The molecule has 5 rings (SSSR count). The van der Waals surface area contributed by atoms with E-state index in [1.54, 1.807) is 6.26 Å². The first-order chi connectivity index (χ1) is 16.2. The van der Waals surface area contributed by atoms with E-state index in [1.807, 2.05) is 36.4 Å². The summed E-state index contributed by atoms with van der Waals surface area (Å²) < 4.78 is 11.1. The number of aliphatic hydroxyl groups excluding tert-OH is 1. The zero-order valence-electron chi connectivity index (χ0n) is 18.4. The molecular weight excluding hydrogens is 440 g/mol. The zero-order chi connectivity index (χ0) is 22.6. The van der Waals surface area contributed by atoms with Crippen molar-refractivity contribution in [3.05, 3.63) is 53.8 Å². The number of nitrogens with one attached hydrogen (secondary N) is 1. The molecule has 1 aromatic carbocycles. The van der Waals surface area contributed by atoms with Gasteiger partial charge < -0.3 is 19.2 Å². The van der Waals surface area contributed by atoms with E-state index in [9.17, 15) is 9.90 Å². The van der Waals surface area contributed by atoms with E-state index in [4.69, 9.17) is 9.15 Å². The van der Waals surface area contributed by atoms with E-state index in [-0.39, 0.29) is 12.0 Å². The Balaban J connectivity index is 1.27. The highest BCUT2D eigenvalue weighted by molar-refractivity contribution is 7.20. The third kappa shape index (κ3) is 5.27. The third-order valence-corrected chi connectivity index (χ3v) is 7.09. The van der Waals surface area contributed by atoms with Gasteiger partial charge in [-0.05, 0) is 42.7 Å². The highest BCUT2D eigenvalue weighted by Gasteiger charge is 2.23. The molecule has 0 saturated carbocycles. The van der Waals surface area contributed by atoms with Crippen LogP contribution in [0.3, 0.4) is 0 Å². The fourth-order valence-electron chi connectivity index (χ4n) is 4.19. The van der Waals surface area contributed by atoms with Crippen molar-refractivity contribution in [2.75, 3.05) is 49.6 Å². The number of anilines is 2. The van der Waals surface area contributed by atoms with Crippen molar-refractivity contribution >= 4 is 27.4 Å². The number of piperidine rings is 1. The predicted octanol–water partition coefficient (Wildman–Crippen LogP) is 3.45. The SMILES string of the molecule is O=C(Nc1nc(-c2ccco2)c(N2CCOCC2)s1)c1ccc(CN2CCC(O)CC2)cc1. The quantitative estimate of drug-likeness (QED) is 0.573. The molecule has 4 heterocycles. The smallest absolute Gasteiger partial charge is 0.257 e. The number of aromatic nitrogens is 1. The summed E-state index contributed by atoms with van der Waals surface area (Å²) in [6.07, 6.45) is 3.10. The van der Waals surface area contributed by atoms with E-state index in [0.29, 0.717) is 29.7 Å². The number of morpholine rings is 1. The number of hydrogen-bond acceptors (Lipinski definition) is 8. The second-order valence-electron chi connectivity index (χ2n) is 8.41. The number of nitrogens with zero attached hydrogens (tertiary/aromatic N) is 3. The van der Waals surface area contributed by atoms with E-state index in [0.717, 1.165) is 61.8 Å². The Morgan fingerprint density at radius 2 is 1.88 bits per heavy atom. The summed E-state index contributed by atoms with van der Waals surface area (Å²) in [7, 11) is 0. The predicted molar refractivity (Wildman–Crippen MR) is 128 cm³/mol. The lowest BCUT2D eigenvalue weighted by molar-refractivity contribution is 0.0792. The molecule has 2 saturated heterocycles. The Hall–Kier alpha value is -2.72. The molecule has 3 aromatic rings. The molecular formula is C24H28N4O4S. The minimum Gasteiger partial charge on any atom is -0.463 e. The van der Waals surface area contributed by atoms with Crippen LogP contribution in [0, 0.1) is 0 Å². The van der Waals surface area contributed by atoms with Crippen LogP contribution in [0.25, 0.3) is 11.5 Å². The molecule has 174 valence electrons. The molecule has 8 nitrogen and oxygen atoms in total. The Morgan fingerprint density at radius 3 is 2.58 bits per heavy atom. The van der Waals surface area contributed by atoms with E-state index in [2.05, 4.69) is 20.1 Å². The lowest BCUT2D eigenvalue weighted by atomic mass is 10.1. The van der Waals surface area contributed by atoms with Crippen LogP contribution < -0.4 is 10.2 Å². The number of rotatable bonds is 6. The molecule has 2 N–H and O–H groups in total. The summed E-state index contributed by atoms with van der Waals surface area (Å²) >= 11 is 1.45. The van der Waals surface area contributed by atoms with Crippen LogP contribution in [-0.4, -0.2) is 66.4 Å². The van der Waals surface area contributed by atoms with E-state index < -0.39 is 0 Å². The van der Waals surface area contributed by atoms with Crippen LogP contribution in [0.15, 0.2) is 47.1 Å². The molecule has 1 amide bonds. The fourth-order valence-corrected chi connectivity index (χ4v) is 5.20. The first-order valence-corrected chi connectivity index (χ1v) is 12.2. The lowest BCUT2D eigenvalue weighted by Crippen LogP contribution is -2.35. The molecule has 2 aliphatic rings. The summed E-state index contributed by atoms with van der Waals surface area (Å²) in [5, 5.41) is 14.1. The van der Waals surface area contributed by atoms with Crippen molar-refractivity contribution in [3.63, 3.8) is 0 Å². The zero-order valence-corrected chi connectivity index (χ0v) is 19.2. The molecule has 0 aliphatic carbocycles. The largest absolute Gasteiger partial charge is 0.463 e. The van der Waals surface area contributed by atoms with Crippen LogP contribution in [0.2, 0.25) is 0 Å². The highest BCUT2D eigenvalue weighted by atomic mass is 32.1. The highest BCUT2D eigenvalue weighted by Crippen LogP contribution is 2.39. The topological polar surface area (TPSA) is 91.1 Å². The summed E-state index contributed by atoms with van der Waals surface area (Å²) in [5.74, 6) is 0.499. The van der Waals surface area contributed by atoms with Gasteiger partial charge in [-0.1, -0.05) is 23.5 Å². The van der Waals surface area contributed by atoms with Crippen molar-refractivity contribution in [1.82, 2.24) is 9.88 Å². The number of thiazole rings is 1. The van der Waals surface area contributed by atoms with Gasteiger partial charge in [0.05, 0.1) is 25.6 Å². The van der Waals surface area contributed by atoms with Gasteiger partial charge in [0.15, 0.2) is 10.9 Å². The Bertz CT molecular complexity index is 1050. The molecule has 2 fully saturated rings. The number of likely N-dealkylation sites (tertiary alicyclic amines) is 1. The molecule has 0 radical (unpaired) electrons. The summed E-state index contributed by atoms with van der Waals surface area (Å²) in [5.41, 5.74) is 2.49. The first kappa shape index (κ1) is 22.1. The maximum Gasteiger partial charge on any atom is 0.257 e. The molecule has 0 spiro atoms. The third-order valence-electron chi connectivity index (χ3n) is 6.06. The number of carbonyl (C=O) groups is 1. The maximum atomic E-state index is 12.9. The van der Waals surface area contributed by atoms with Gasteiger partial charge in [0.2, 0.25) is 0 Å². The number of aliphatic hydroxyl groups is 1. The number of benzene rings is 1. The summed E-state index contributed by atoms with van der Waals surface area (Å²) in [4.78, 5) is 22.1. The average Bonchev–Trinajstić information content (AvgIpc) is 3.52. The van der Waals surface area contributed by atoms with Crippen molar-refractivity contribution in [3.8, 4) is 11.5 Å². The molecule has 2 aliphatic heterocycles. The molecule has 33 heavy (non-hydrogen) atoms. The fraction of sp³-hybridized carbons (Fsp3) is 0.417. The van der Waals surface area contributed by atoms with Crippen molar-refractivity contribution in [2.45, 2.75) is 25.5 Å². The van der Waals surface area contributed by atoms with Gasteiger partial charge in [0, 0.05) is 38.3 Å². The molecule has 0 unspecified atom stereocenters. The Kier molecular flexibility index (Phi) is 6.73. The monoisotopic (exact) mass is 468 g/mol. The minimum absolute atomic E-state index is 0.171. The van der Waals surface area contributed by atoms with Crippen LogP contribution >= 0.6 is 11.3 Å². The van der Waals surface area contributed by atoms with Crippen LogP contribution in [-0.2, 0) is 11.3 Å². The van der Waals surface area contributed by atoms with Gasteiger partial charge in [-0.15, -0.1) is 0 Å². The second kappa shape index (κ2) is 10.0. The van der Waals surface area contributed by atoms with E-state index >= 15 is 0 Å². The number of amides is 1. The number of hydrogen-bond donors (Lipinski definition) is 2. The second-order valence-corrected chi connectivity index (χ2v) is 9.39. The van der Waals surface area contributed by atoms with Gasteiger partial charge in [-0.2, -0.15) is 0 Å². The minimum atomic E-state index is -0.184. The first-order valence-electron chi connectivity index (χ1n) is 11.3. The Labute approximate surface area is 196 Å². The van der Waals surface area contributed by atoms with Gasteiger partial charge >= 0.3 is 0 Å². The Morgan fingerprint density at radius 1 is 1.12 bits per heavy atom. The van der Waals surface area contributed by atoms with Gasteiger partial charge in [0.1, 0.15) is 10.7 Å². The molecule has 0 bridgehead atoms. The van der Waals surface area contributed by atoms with Crippen molar-refractivity contribution < 1.29 is 19.1 Å². The lowest BCUT2D eigenvalue weighted by Gasteiger charge is -2.29. The summed E-state index contributed by atoms with van der Waals surface area (Å²) in [6, 6.07) is 11.4. The van der Waals surface area contributed by atoms with Crippen molar-refractivity contribution in [1.29, 1.82) is 0 Å². The van der Waals surface area contributed by atoms with Crippen molar-refractivity contribution in [2.24, 2.45) is 0 Å². The van der Waals surface area contributed by atoms with Gasteiger partial charge in [-0.3, -0.25) is 15.0 Å². The number of furan rings is 1. The van der Waals surface area contributed by atoms with Gasteiger partial charge in [0.25, 0.3) is 5.91 Å². The standard InChI is InChI=1S/C24H28N4O4S/c29-19-7-9-27(10-8-19)16-17-3-5-18(6-4-17)22(30)26-24-25-21(20-2-1-13-32-20)23(33-24)28-11-14-31-15-12-28/h1-6,13,19,29H,7-12,14-16H2,(H,25,26,30). The van der Waals surface area contributed by atoms with Crippen LogP contribution in [0.4, 0.5) is 10.1 Å². The molecule has 0 atom stereocenters. The average molecular weight is 469 g/mol. The summed E-state index contributed by atoms with van der Waals surface area (Å²) in [6.45, 7) is 5.52. The number of carbonyl (C=O) groups excluding carboxylic acids is 1. The molecule has 2 aromatic heterocycles. The maximum absolute atomic E-state index is 12.9. The van der Waals surface area contributed by atoms with Crippen LogP contribution in [0.1, 0.15) is 28.8 Å². The van der Waals surface area contributed by atoms with Gasteiger partial charge in [-0.25, -0.2) is 4.98 Å². The normalized spacial score (nSPS) is 17.9. The van der Waals surface area contributed by atoms with E-state index in [1.165, 1.54) is 11.3 Å².